The monoisotopic (exact) mass is 336 g/mol. The van der Waals surface area contributed by atoms with Crippen molar-refractivity contribution in [2.75, 3.05) is 0 Å². The average Bonchev–Trinajstić information content (AvgIpc) is 2.68. The van der Waals surface area contributed by atoms with E-state index in [0.29, 0.717) is 0 Å². The molecular weight excluding hydrogens is 320 g/mol. The van der Waals surface area contributed by atoms with E-state index in [9.17, 15) is 4.79 Å². The number of carbonyl (C=O) groups is 1. The van der Waals surface area contributed by atoms with Crippen molar-refractivity contribution < 1.29 is 9.53 Å². The number of ketones is 1. The van der Waals surface area contributed by atoms with Gasteiger partial charge in [-0.05, 0) is 42.3 Å². The Balaban J connectivity index is 1.74. The molecule has 0 aliphatic heterocycles. The quantitative estimate of drug-likeness (QED) is 0.386. The lowest BCUT2D eigenvalue weighted by molar-refractivity contribution is 0.104. The first-order chi connectivity index (χ1) is 12.7. The molecule has 0 atom stereocenters. The van der Waals surface area contributed by atoms with Gasteiger partial charge in [-0.25, -0.2) is 0 Å². The summed E-state index contributed by atoms with van der Waals surface area (Å²) in [4.78, 5) is 13.0. The fraction of sp³-hybridized carbons (Fsp3) is 0.0417. The Bertz CT molecular complexity index is 1170. The van der Waals surface area contributed by atoms with Crippen molar-refractivity contribution in [1.82, 2.24) is 0 Å². The molecule has 0 fully saturated rings. The summed E-state index contributed by atoms with van der Waals surface area (Å²) in [5, 5.41) is 1.93. The number of benzene rings is 4. The van der Waals surface area contributed by atoms with Crippen LogP contribution in [0.15, 0.2) is 78.9 Å². The molecular formula is C24H16O2. The zero-order valence-electron chi connectivity index (χ0n) is 14.3. The Kier molecular flexibility index (Phi) is 3.19. The van der Waals surface area contributed by atoms with Crippen LogP contribution < -0.4 is 4.74 Å². The third-order valence-electron chi connectivity index (χ3n) is 4.96. The van der Waals surface area contributed by atoms with Crippen LogP contribution in [0, 0.1) is 6.92 Å². The summed E-state index contributed by atoms with van der Waals surface area (Å²) in [6, 6.07) is 25.7. The van der Waals surface area contributed by atoms with Gasteiger partial charge >= 0.3 is 0 Å². The fourth-order valence-electron chi connectivity index (χ4n) is 3.68. The number of fused-ring (bicyclic) bond motifs is 2. The number of ether oxygens (including phenoxy) is 1. The van der Waals surface area contributed by atoms with Crippen LogP contribution >= 0.6 is 0 Å². The lowest BCUT2D eigenvalue weighted by Crippen LogP contribution is -2.09. The van der Waals surface area contributed by atoms with Gasteiger partial charge in [0.15, 0.2) is 5.78 Å². The smallest absolute Gasteiger partial charge is 0.194 e. The van der Waals surface area contributed by atoms with Crippen molar-refractivity contribution in [2.45, 2.75) is 6.92 Å². The normalized spacial score (nSPS) is 12.1. The molecule has 0 N–H and O–H groups in total. The highest BCUT2D eigenvalue weighted by molar-refractivity contribution is 6.26. The number of aryl methyl sites for hydroxylation is 1. The molecule has 0 bridgehead atoms. The molecule has 0 spiro atoms. The molecule has 0 radical (unpaired) electrons. The van der Waals surface area contributed by atoms with E-state index in [1.54, 1.807) is 0 Å². The van der Waals surface area contributed by atoms with Crippen molar-refractivity contribution in [1.29, 1.82) is 0 Å². The van der Waals surface area contributed by atoms with Crippen molar-refractivity contribution in [3.05, 3.63) is 95.6 Å². The summed E-state index contributed by atoms with van der Waals surface area (Å²) in [5.74, 6) is 1.63. The highest BCUT2D eigenvalue weighted by Gasteiger charge is 2.25. The van der Waals surface area contributed by atoms with Crippen molar-refractivity contribution in [3.8, 4) is 22.6 Å². The molecule has 1 aliphatic rings. The molecule has 1 aliphatic carbocycles. The van der Waals surface area contributed by atoms with Gasteiger partial charge in [0, 0.05) is 21.9 Å². The minimum Gasteiger partial charge on any atom is -0.457 e. The van der Waals surface area contributed by atoms with E-state index in [2.05, 4.69) is 13.0 Å². The van der Waals surface area contributed by atoms with E-state index >= 15 is 0 Å². The fourth-order valence-corrected chi connectivity index (χ4v) is 3.68. The Morgan fingerprint density at radius 2 is 1.38 bits per heavy atom. The molecule has 2 nitrogen and oxygen atoms in total. The number of carbonyl (C=O) groups excluding carboxylic acids is 1. The largest absolute Gasteiger partial charge is 0.457 e. The van der Waals surface area contributed by atoms with E-state index in [4.69, 9.17) is 4.74 Å². The molecule has 0 aromatic heterocycles. The first kappa shape index (κ1) is 14.9. The van der Waals surface area contributed by atoms with Crippen molar-refractivity contribution in [3.63, 3.8) is 0 Å². The standard InChI is InChI=1S/C24H16O2/c1-15-9-11-16(12-10-15)26-22-14-13-18-17-5-2-3-6-19(17)24(25)21-8-4-7-20(22)23(18)21/h2-14H,1H3. The SMILES string of the molecule is Cc1ccc(Oc2ccc3c4c(cccc24)C(=O)c2ccccc2-3)cc1. The Morgan fingerprint density at radius 1 is 0.654 bits per heavy atom. The van der Waals surface area contributed by atoms with E-state index in [-0.39, 0.29) is 5.78 Å². The topological polar surface area (TPSA) is 26.3 Å². The summed E-state index contributed by atoms with van der Waals surface area (Å²) in [5.41, 5.74) is 4.77. The summed E-state index contributed by atoms with van der Waals surface area (Å²) in [7, 11) is 0. The van der Waals surface area contributed by atoms with Crippen LogP contribution in [0.5, 0.6) is 11.5 Å². The molecule has 0 saturated carbocycles. The molecule has 0 unspecified atom stereocenters. The lowest BCUT2D eigenvalue weighted by Gasteiger charge is -2.21. The second-order valence-electron chi connectivity index (χ2n) is 6.63. The Morgan fingerprint density at radius 3 is 2.19 bits per heavy atom. The molecule has 0 heterocycles. The summed E-state index contributed by atoms with van der Waals surface area (Å²) < 4.78 is 6.14. The van der Waals surface area contributed by atoms with Gasteiger partial charge < -0.3 is 4.74 Å². The highest BCUT2D eigenvalue weighted by atomic mass is 16.5. The van der Waals surface area contributed by atoms with Crippen molar-refractivity contribution in [2.24, 2.45) is 0 Å². The number of hydrogen-bond donors (Lipinski definition) is 0. The van der Waals surface area contributed by atoms with Crippen LogP contribution in [0.4, 0.5) is 0 Å². The molecule has 0 saturated heterocycles. The van der Waals surface area contributed by atoms with Crippen LogP contribution in [-0.4, -0.2) is 5.78 Å². The third-order valence-corrected chi connectivity index (χ3v) is 4.96. The molecule has 4 aromatic carbocycles. The van der Waals surface area contributed by atoms with E-state index in [1.165, 1.54) is 5.56 Å². The molecule has 26 heavy (non-hydrogen) atoms. The van der Waals surface area contributed by atoms with Gasteiger partial charge in [-0.2, -0.15) is 0 Å². The maximum absolute atomic E-state index is 13.0. The Labute approximate surface area is 151 Å². The zero-order valence-corrected chi connectivity index (χ0v) is 14.3. The second kappa shape index (κ2) is 5.57. The predicted octanol–water partition coefficient (Wildman–Crippen LogP) is 6.15. The van der Waals surface area contributed by atoms with E-state index in [1.807, 2.05) is 72.8 Å². The van der Waals surface area contributed by atoms with Crippen LogP contribution in [0.3, 0.4) is 0 Å². The maximum atomic E-state index is 13.0. The first-order valence-electron chi connectivity index (χ1n) is 8.67. The number of hydrogen-bond acceptors (Lipinski definition) is 2. The Hall–Kier alpha value is -3.39. The lowest BCUT2D eigenvalue weighted by atomic mass is 9.83. The zero-order chi connectivity index (χ0) is 17.7. The van der Waals surface area contributed by atoms with Gasteiger partial charge in [0.25, 0.3) is 0 Å². The molecule has 0 amide bonds. The predicted molar refractivity (Wildman–Crippen MR) is 104 cm³/mol. The van der Waals surface area contributed by atoms with Gasteiger partial charge in [0.05, 0.1) is 0 Å². The van der Waals surface area contributed by atoms with Crippen LogP contribution in [0.2, 0.25) is 0 Å². The van der Waals surface area contributed by atoms with E-state index < -0.39 is 0 Å². The van der Waals surface area contributed by atoms with Gasteiger partial charge in [-0.1, -0.05) is 60.2 Å². The summed E-state index contributed by atoms with van der Waals surface area (Å²) >= 11 is 0. The summed E-state index contributed by atoms with van der Waals surface area (Å²) in [6.07, 6.45) is 0. The summed E-state index contributed by atoms with van der Waals surface area (Å²) in [6.45, 7) is 2.05. The first-order valence-corrected chi connectivity index (χ1v) is 8.67. The van der Waals surface area contributed by atoms with Gasteiger partial charge in [-0.3, -0.25) is 4.79 Å². The van der Waals surface area contributed by atoms with E-state index in [0.717, 1.165) is 44.5 Å². The van der Waals surface area contributed by atoms with Crippen LogP contribution in [0.1, 0.15) is 21.5 Å². The molecule has 124 valence electrons. The maximum Gasteiger partial charge on any atom is 0.194 e. The molecule has 5 rings (SSSR count). The minimum absolute atomic E-state index is 0.0752. The molecule has 2 heteroatoms. The van der Waals surface area contributed by atoms with Crippen LogP contribution in [-0.2, 0) is 0 Å². The third kappa shape index (κ3) is 2.16. The highest BCUT2D eigenvalue weighted by Crippen LogP contribution is 2.43. The number of rotatable bonds is 2. The van der Waals surface area contributed by atoms with Crippen LogP contribution in [0.25, 0.3) is 21.9 Å². The minimum atomic E-state index is 0.0752. The van der Waals surface area contributed by atoms with Crippen molar-refractivity contribution >= 4 is 16.6 Å². The molecule has 4 aromatic rings. The van der Waals surface area contributed by atoms with Gasteiger partial charge in [0.1, 0.15) is 11.5 Å². The average molecular weight is 336 g/mol. The second-order valence-corrected chi connectivity index (χ2v) is 6.63. The van der Waals surface area contributed by atoms with Gasteiger partial charge in [0.2, 0.25) is 0 Å². The van der Waals surface area contributed by atoms with Gasteiger partial charge in [-0.15, -0.1) is 0 Å².